The van der Waals surface area contributed by atoms with E-state index < -0.39 is 0 Å². The average molecular weight is 882 g/mol. The molecule has 1 heterocycles. The Morgan fingerprint density at radius 1 is 0.250 bits per heavy atom. The third-order valence-corrected chi connectivity index (χ3v) is 14.9. The molecule has 13 aromatic rings. The van der Waals surface area contributed by atoms with Crippen molar-refractivity contribution in [2.75, 3.05) is 4.90 Å². The highest BCUT2D eigenvalue weighted by atomic mass is 32.1. The van der Waals surface area contributed by atoms with Crippen molar-refractivity contribution < 1.29 is 0 Å². The predicted octanol–water partition coefficient (Wildman–Crippen LogP) is 19.3. The Labute approximate surface area is 400 Å². The van der Waals surface area contributed by atoms with E-state index in [0.717, 1.165) is 17.1 Å². The van der Waals surface area contributed by atoms with Crippen molar-refractivity contribution in [1.82, 2.24) is 0 Å². The summed E-state index contributed by atoms with van der Waals surface area (Å²) in [4.78, 5) is 2.39. The maximum atomic E-state index is 2.41. The van der Waals surface area contributed by atoms with E-state index in [1.54, 1.807) is 0 Å². The van der Waals surface area contributed by atoms with Gasteiger partial charge in [-0.3, -0.25) is 0 Å². The van der Waals surface area contributed by atoms with Crippen LogP contribution in [0.15, 0.2) is 261 Å². The summed E-state index contributed by atoms with van der Waals surface area (Å²) in [5.41, 5.74) is 15.5. The molecule has 68 heavy (non-hydrogen) atoms. The standard InChI is InChI=1S/C66H43NS/c1-4-15-44(16-5-1)49-27-28-51-42-55(39-33-50(51)41-49)67(54-37-31-46(32-38-54)56-24-14-25-61-59-22-12-13-26-63(59)68-66(56)61)53-35-29-45(30-36-53)52-34-40-58-57-21-10-11-23-60(57)64(47-17-6-2-7-18-47)65(62(58)43-52)48-19-8-3-9-20-48/h1-43H. The van der Waals surface area contributed by atoms with Crippen LogP contribution in [0.5, 0.6) is 0 Å². The SMILES string of the molecule is c1ccc(-c2ccc3cc(N(c4ccc(-c5ccc6c(c5)c(-c5ccccc5)c(-c5ccccc5)c5ccccc56)cc4)c4ccc(-c5cccc6c5sc5ccccc56)cc4)ccc3c2)cc1. The summed E-state index contributed by atoms with van der Waals surface area (Å²) in [7, 11) is 0. The van der Waals surface area contributed by atoms with Gasteiger partial charge in [-0.25, -0.2) is 0 Å². The van der Waals surface area contributed by atoms with Gasteiger partial charge in [0.2, 0.25) is 0 Å². The Hall–Kier alpha value is -8.56. The second-order valence-electron chi connectivity index (χ2n) is 17.6. The number of hydrogen-bond donors (Lipinski definition) is 0. The fourth-order valence-corrected chi connectivity index (χ4v) is 11.6. The van der Waals surface area contributed by atoms with Crippen LogP contribution in [0.25, 0.3) is 108 Å². The lowest BCUT2D eigenvalue weighted by atomic mass is 9.84. The van der Waals surface area contributed by atoms with Crippen molar-refractivity contribution in [2.24, 2.45) is 0 Å². The topological polar surface area (TPSA) is 3.24 Å². The zero-order valence-electron chi connectivity index (χ0n) is 37.2. The minimum atomic E-state index is 1.09. The third-order valence-electron chi connectivity index (χ3n) is 13.6. The van der Waals surface area contributed by atoms with Crippen LogP contribution < -0.4 is 4.90 Å². The van der Waals surface area contributed by atoms with E-state index in [0.29, 0.717) is 0 Å². The summed E-state index contributed by atoms with van der Waals surface area (Å²) in [6.45, 7) is 0. The molecule has 0 fully saturated rings. The summed E-state index contributed by atoms with van der Waals surface area (Å²) >= 11 is 1.88. The number of benzene rings is 12. The van der Waals surface area contributed by atoms with Gasteiger partial charge in [0, 0.05) is 37.2 Å². The van der Waals surface area contributed by atoms with Gasteiger partial charge in [0.15, 0.2) is 0 Å². The van der Waals surface area contributed by atoms with Gasteiger partial charge in [0.05, 0.1) is 0 Å². The number of anilines is 3. The third kappa shape index (κ3) is 6.93. The van der Waals surface area contributed by atoms with Gasteiger partial charge in [-0.15, -0.1) is 11.3 Å². The highest BCUT2D eigenvalue weighted by molar-refractivity contribution is 7.26. The first-order valence-corrected chi connectivity index (χ1v) is 24.1. The average Bonchev–Trinajstić information content (AvgIpc) is 3.80. The van der Waals surface area contributed by atoms with Gasteiger partial charge in [0.25, 0.3) is 0 Å². The quantitative estimate of drug-likeness (QED) is 0.137. The Bertz CT molecular complexity index is 3990. The molecule has 0 aliphatic rings. The smallest absolute Gasteiger partial charge is 0.0468 e. The fourth-order valence-electron chi connectivity index (χ4n) is 10.4. The highest BCUT2D eigenvalue weighted by Crippen LogP contribution is 2.47. The maximum Gasteiger partial charge on any atom is 0.0468 e. The molecule has 1 nitrogen and oxygen atoms in total. The first kappa shape index (κ1) is 39.8. The number of hydrogen-bond acceptors (Lipinski definition) is 2. The maximum absolute atomic E-state index is 2.41. The van der Waals surface area contributed by atoms with Crippen molar-refractivity contribution >= 4 is 80.9 Å². The number of rotatable bonds is 8. The van der Waals surface area contributed by atoms with Crippen LogP contribution >= 0.6 is 11.3 Å². The second-order valence-corrected chi connectivity index (χ2v) is 18.7. The molecule has 0 saturated heterocycles. The minimum Gasteiger partial charge on any atom is -0.310 e. The summed E-state index contributed by atoms with van der Waals surface area (Å²) in [5.74, 6) is 0. The number of fused-ring (bicyclic) bond motifs is 7. The van der Waals surface area contributed by atoms with Gasteiger partial charge in [0.1, 0.15) is 0 Å². The zero-order chi connectivity index (χ0) is 45.0. The van der Waals surface area contributed by atoms with Crippen LogP contribution in [0.3, 0.4) is 0 Å². The molecule has 0 atom stereocenters. The van der Waals surface area contributed by atoms with Crippen molar-refractivity contribution in [1.29, 1.82) is 0 Å². The molecule has 0 unspecified atom stereocenters. The lowest BCUT2D eigenvalue weighted by Crippen LogP contribution is -2.09. The molecule has 0 radical (unpaired) electrons. The molecular formula is C66H43NS. The monoisotopic (exact) mass is 881 g/mol. The molecule has 2 heteroatoms. The lowest BCUT2D eigenvalue weighted by molar-refractivity contribution is 1.29. The first-order chi connectivity index (χ1) is 33.7. The Morgan fingerprint density at radius 3 is 1.43 bits per heavy atom. The van der Waals surface area contributed by atoms with Crippen LogP contribution in [0.4, 0.5) is 17.1 Å². The van der Waals surface area contributed by atoms with E-state index in [1.165, 1.54) is 108 Å². The van der Waals surface area contributed by atoms with Gasteiger partial charge in [-0.2, -0.15) is 0 Å². The molecule has 0 aliphatic heterocycles. The van der Waals surface area contributed by atoms with Crippen LogP contribution in [0, 0.1) is 0 Å². The van der Waals surface area contributed by atoms with Gasteiger partial charge < -0.3 is 4.90 Å². The van der Waals surface area contributed by atoms with Gasteiger partial charge in [-0.1, -0.05) is 206 Å². The molecule has 0 bridgehead atoms. The Balaban J connectivity index is 0.932. The molecule has 1 aromatic heterocycles. The van der Waals surface area contributed by atoms with Crippen molar-refractivity contribution in [2.45, 2.75) is 0 Å². The van der Waals surface area contributed by atoms with E-state index in [2.05, 4.69) is 266 Å². The van der Waals surface area contributed by atoms with Crippen molar-refractivity contribution in [3.63, 3.8) is 0 Å². The predicted molar refractivity (Wildman–Crippen MR) is 294 cm³/mol. The molecule has 0 N–H and O–H groups in total. The van der Waals surface area contributed by atoms with Crippen molar-refractivity contribution in [3.05, 3.63) is 261 Å². The second kappa shape index (κ2) is 16.7. The largest absolute Gasteiger partial charge is 0.310 e. The van der Waals surface area contributed by atoms with E-state index >= 15 is 0 Å². The van der Waals surface area contributed by atoms with Gasteiger partial charge >= 0.3 is 0 Å². The van der Waals surface area contributed by atoms with E-state index in [4.69, 9.17) is 0 Å². The first-order valence-electron chi connectivity index (χ1n) is 23.3. The van der Waals surface area contributed by atoms with Gasteiger partial charge in [-0.05, 0) is 143 Å². The Morgan fingerprint density at radius 2 is 0.721 bits per heavy atom. The normalized spacial score (nSPS) is 11.5. The summed E-state index contributed by atoms with van der Waals surface area (Å²) in [6, 6.07) is 95.7. The lowest BCUT2D eigenvalue weighted by Gasteiger charge is -2.26. The molecule has 0 amide bonds. The molecule has 0 aliphatic carbocycles. The molecule has 0 saturated carbocycles. The van der Waals surface area contributed by atoms with Crippen LogP contribution in [0.2, 0.25) is 0 Å². The molecule has 318 valence electrons. The molecule has 12 aromatic carbocycles. The van der Waals surface area contributed by atoms with Crippen LogP contribution in [-0.4, -0.2) is 0 Å². The zero-order valence-corrected chi connectivity index (χ0v) is 38.0. The summed E-state index contributed by atoms with van der Waals surface area (Å²) in [5, 5.41) is 10.1. The minimum absolute atomic E-state index is 1.09. The molecular weight excluding hydrogens is 839 g/mol. The van der Waals surface area contributed by atoms with E-state index in [9.17, 15) is 0 Å². The molecule has 0 spiro atoms. The molecule has 13 rings (SSSR count). The van der Waals surface area contributed by atoms with Crippen LogP contribution in [0.1, 0.15) is 0 Å². The number of nitrogens with zero attached hydrogens (tertiary/aromatic N) is 1. The van der Waals surface area contributed by atoms with E-state index in [-0.39, 0.29) is 0 Å². The van der Waals surface area contributed by atoms with E-state index in [1.807, 2.05) is 11.3 Å². The summed E-state index contributed by atoms with van der Waals surface area (Å²) < 4.78 is 2.64. The van der Waals surface area contributed by atoms with Crippen molar-refractivity contribution in [3.8, 4) is 55.6 Å². The Kier molecular flexibility index (Phi) is 9.77. The number of thiophene rings is 1. The van der Waals surface area contributed by atoms with Crippen LogP contribution in [-0.2, 0) is 0 Å². The highest BCUT2D eigenvalue weighted by Gasteiger charge is 2.20. The fraction of sp³-hybridized carbons (Fsp3) is 0. The summed E-state index contributed by atoms with van der Waals surface area (Å²) in [6.07, 6.45) is 0.